The number of alkyl halides is 2. The van der Waals surface area contributed by atoms with E-state index >= 15 is 0 Å². The van der Waals surface area contributed by atoms with Crippen LogP contribution in [0.15, 0.2) is 60.7 Å². The van der Waals surface area contributed by atoms with E-state index in [0.717, 1.165) is 5.56 Å². The Hall–Kier alpha value is -2.27. The van der Waals surface area contributed by atoms with E-state index in [0.29, 0.717) is 0 Å². The molecule has 2 aromatic carbocycles. The molecule has 2 aromatic rings. The standard InChI is InChI=1S/C17H18F2N2O/c1-12(13-8-4-2-5-9-13)21-15(16(20)22)17(18,19)14-10-6-3-7-11-14/h2-12,15,21H,1H3,(H2,20,22)/t12-,15-/m0/s1. The number of hydrogen-bond acceptors (Lipinski definition) is 2. The zero-order valence-electron chi connectivity index (χ0n) is 12.2. The van der Waals surface area contributed by atoms with Crippen LogP contribution in [0.5, 0.6) is 0 Å². The molecule has 22 heavy (non-hydrogen) atoms. The van der Waals surface area contributed by atoms with Gasteiger partial charge in [0.1, 0.15) is 0 Å². The highest BCUT2D eigenvalue weighted by Gasteiger charge is 2.45. The molecular weight excluding hydrogens is 286 g/mol. The average molecular weight is 304 g/mol. The first-order chi connectivity index (χ1) is 10.4. The lowest BCUT2D eigenvalue weighted by Gasteiger charge is -2.28. The van der Waals surface area contributed by atoms with E-state index in [1.54, 1.807) is 25.1 Å². The first-order valence-corrected chi connectivity index (χ1v) is 6.96. The van der Waals surface area contributed by atoms with Gasteiger partial charge in [0.05, 0.1) is 0 Å². The molecule has 0 spiro atoms. The van der Waals surface area contributed by atoms with Gasteiger partial charge in [-0.05, 0) is 12.5 Å². The van der Waals surface area contributed by atoms with Crippen molar-refractivity contribution in [3.63, 3.8) is 0 Å². The fourth-order valence-corrected chi connectivity index (χ4v) is 2.28. The number of nitrogens with two attached hydrogens (primary N) is 1. The Labute approximate surface area is 128 Å². The van der Waals surface area contributed by atoms with Crippen LogP contribution in [0.4, 0.5) is 8.78 Å². The van der Waals surface area contributed by atoms with Crippen molar-refractivity contribution in [2.24, 2.45) is 5.73 Å². The molecule has 1 amide bonds. The zero-order chi connectivity index (χ0) is 16.2. The fraction of sp³-hybridized carbons (Fsp3) is 0.235. The summed E-state index contributed by atoms with van der Waals surface area (Å²) in [5.41, 5.74) is 5.76. The second kappa shape index (κ2) is 6.66. The van der Waals surface area contributed by atoms with Gasteiger partial charge in [0.2, 0.25) is 5.91 Å². The van der Waals surface area contributed by atoms with Gasteiger partial charge in [-0.15, -0.1) is 0 Å². The van der Waals surface area contributed by atoms with Crippen molar-refractivity contribution in [2.75, 3.05) is 0 Å². The van der Waals surface area contributed by atoms with Crippen LogP contribution in [0, 0.1) is 0 Å². The molecule has 3 nitrogen and oxygen atoms in total. The Morgan fingerprint density at radius 1 is 1.05 bits per heavy atom. The second-order valence-corrected chi connectivity index (χ2v) is 5.12. The third-order valence-corrected chi connectivity index (χ3v) is 3.52. The first-order valence-electron chi connectivity index (χ1n) is 6.96. The molecular formula is C17H18F2N2O. The maximum Gasteiger partial charge on any atom is 0.297 e. The fourth-order valence-electron chi connectivity index (χ4n) is 2.28. The number of carbonyl (C=O) groups excluding carboxylic acids is 1. The lowest BCUT2D eigenvalue weighted by atomic mass is 9.98. The molecule has 5 heteroatoms. The summed E-state index contributed by atoms with van der Waals surface area (Å²) in [6, 6.07) is 14.0. The third-order valence-electron chi connectivity index (χ3n) is 3.52. The summed E-state index contributed by atoms with van der Waals surface area (Å²) in [5, 5.41) is 2.65. The minimum atomic E-state index is -3.39. The number of hydrogen-bond donors (Lipinski definition) is 2. The number of nitrogens with one attached hydrogen (secondary N) is 1. The first kappa shape index (κ1) is 16.1. The van der Waals surface area contributed by atoms with E-state index in [9.17, 15) is 13.6 Å². The molecule has 2 rings (SSSR count). The van der Waals surface area contributed by atoms with Crippen molar-refractivity contribution < 1.29 is 13.6 Å². The van der Waals surface area contributed by atoms with E-state index in [-0.39, 0.29) is 5.56 Å². The predicted molar refractivity (Wildman–Crippen MR) is 81.3 cm³/mol. The van der Waals surface area contributed by atoms with Crippen molar-refractivity contribution in [2.45, 2.75) is 24.9 Å². The van der Waals surface area contributed by atoms with Gasteiger partial charge >= 0.3 is 0 Å². The van der Waals surface area contributed by atoms with Gasteiger partial charge in [0.25, 0.3) is 5.92 Å². The van der Waals surface area contributed by atoms with Crippen molar-refractivity contribution >= 4 is 5.91 Å². The van der Waals surface area contributed by atoms with Gasteiger partial charge < -0.3 is 5.73 Å². The highest BCUT2D eigenvalue weighted by atomic mass is 19.3. The maximum absolute atomic E-state index is 14.6. The molecule has 0 heterocycles. The van der Waals surface area contributed by atoms with Crippen molar-refractivity contribution in [3.05, 3.63) is 71.8 Å². The van der Waals surface area contributed by atoms with Gasteiger partial charge in [-0.3, -0.25) is 10.1 Å². The largest absolute Gasteiger partial charge is 0.368 e. The molecule has 3 N–H and O–H groups in total. The lowest BCUT2D eigenvalue weighted by molar-refractivity contribution is -0.132. The van der Waals surface area contributed by atoms with Crippen LogP contribution >= 0.6 is 0 Å². The van der Waals surface area contributed by atoms with Gasteiger partial charge in [0.15, 0.2) is 6.04 Å². The third kappa shape index (κ3) is 3.49. The Bertz CT molecular complexity index is 617. The molecule has 0 aliphatic heterocycles. The van der Waals surface area contributed by atoms with Gasteiger partial charge in [0, 0.05) is 11.6 Å². The molecule has 0 aliphatic rings. The van der Waals surface area contributed by atoms with Crippen molar-refractivity contribution in [3.8, 4) is 0 Å². The van der Waals surface area contributed by atoms with Gasteiger partial charge in [-0.2, -0.15) is 8.78 Å². The molecule has 2 atom stereocenters. The van der Waals surface area contributed by atoms with E-state index in [1.165, 1.54) is 24.3 Å². The topological polar surface area (TPSA) is 55.1 Å². The maximum atomic E-state index is 14.6. The quantitative estimate of drug-likeness (QED) is 0.862. The minimum Gasteiger partial charge on any atom is -0.368 e. The summed E-state index contributed by atoms with van der Waals surface area (Å²) in [6.07, 6.45) is 0. The summed E-state index contributed by atoms with van der Waals surface area (Å²) < 4.78 is 29.2. The van der Waals surface area contributed by atoms with Crippen LogP contribution in [0.25, 0.3) is 0 Å². The number of rotatable bonds is 6. The molecule has 0 aromatic heterocycles. The summed E-state index contributed by atoms with van der Waals surface area (Å²) in [5.74, 6) is -4.48. The summed E-state index contributed by atoms with van der Waals surface area (Å²) in [6.45, 7) is 1.71. The molecule has 0 aliphatic carbocycles. The summed E-state index contributed by atoms with van der Waals surface area (Å²) >= 11 is 0. The number of halogens is 2. The normalized spacial score (nSPS) is 14.3. The minimum absolute atomic E-state index is 0.244. The molecule has 0 fully saturated rings. The average Bonchev–Trinajstić information content (AvgIpc) is 2.53. The van der Waals surface area contributed by atoms with Crippen molar-refractivity contribution in [1.82, 2.24) is 5.32 Å². The molecule has 0 unspecified atom stereocenters. The monoisotopic (exact) mass is 304 g/mol. The van der Waals surface area contributed by atoms with Crippen LogP contribution in [0.3, 0.4) is 0 Å². The molecule has 0 bridgehead atoms. The number of amides is 1. The second-order valence-electron chi connectivity index (χ2n) is 5.12. The van der Waals surface area contributed by atoms with E-state index in [4.69, 9.17) is 5.73 Å². The van der Waals surface area contributed by atoms with Crippen LogP contribution in [0.1, 0.15) is 24.1 Å². The summed E-state index contributed by atoms with van der Waals surface area (Å²) in [4.78, 5) is 11.6. The van der Waals surface area contributed by atoms with Crippen LogP contribution in [-0.2, 0) is 10.7 Å². The Kier molecular flexibility index (Phi) is 4.88. The SMILES string of the molecule is C[C@H](N[C@@H](C(N)=O)C(F)(F)c1ccccc1)c1ccccc1. The van der Waals surface area contributed by atoms with E-state index in [1.807, 2.05) is 18.2 Å². The highest BCUT2D eigenvalue weighted by molar-refractivity contribution is 5.81. The molecule has 0 saturated carbocycles. The van der Waals surface area contributed by atoms with Crippen molar-refractivity contribution in [1.29, 1.82) is 0 Å². The Morgan fingerprint density at radius 2 is 1.55 bits per heavy atom. The lowest BCUT2D eigenvalue weighted by Crippen LogP contribution is -2.52. The number of primary amides is 1. The predicted octanol–water partition coefficient (Wildman–Crippen LogP) is 2.98. The number of carbonyl (C=O) groups is 1. The number of benzene rings is 2. The van der Waals surface area contributed by atoms with Gasteiger partial charge in [-0.25, -0.2) is 0 Å². The van der Waals surface area contributed by atoms with E-state index < -0.39 is 23.9 Å². The van der Waals surface area contributed by atoms with E-state index in [2.05, 4.69) is 5.32 Å². The van der Waals surface area contributed by atoms with Crippen LogP contribution in [0.2, 0.25) is 0 Å². The zero-order valence-corrected chi connectivity index (χ0v) is 12.2. The van der Waals surface area contributed by atoms with Crippen LogP contribution in [-0.4, -0.2) is 11.9 Å². The smallest absolute Gasteiger partial charge is 0.297 e. The van der Waals surface area contributed by atoms with Crippen LogP contribution < -0.4 is 11.1 Å². The summed E-state index contributed by atoms with van der Waals surface area (Å²) in [7, 11) is 0. The molecule has 0 saturated heterocycles. The Morgan fingerprint density at radius 3 is 2.05 bits per heavy atom. The molecule has 0 radical (unpaired) electrons. The van der Waals surface area contributed by atoms with Gasteiger partial charge in [-0.1, -0.05) is 60.7 Å². The molecule has 116 valence electrons. The Balaban J connectivity index is 2.25. The highest BCUT2D eigenvalue weighted by Crippen LogP contribution is 2.32.